The normalized spacial score (nSPS) is 25.9. The fourth-order valence-corrected chi connectivity index (χ4v) is 6.83. The van der Waals surface area contributed by atoms with Gasteiger partial charge in [0.2, 0.25) is 0 Å². The molecule has 3 aromatic rings. The molecule has 2 N–H and O–H groups in total. The van der Waals surface area contributed by atoms with Crippen LogP contribution < -0.4 is 10.1 Å². The molecule has 0 amide bonds. The number of methoxy groups -OCH3 is 1. The van der Waals surface area contributed by atoms with Crippen LogP contribution in [0.3, 0.4) is 0 Å². The summed E-state index contributed by atoms with van der Waals surface area (Å²) >= 11 is 0. The number of fused-ring (bicyclic) bond motifs is 1. The molecule has 196 valence electrons. The van der Waals surface area contributed by atoms with E-state index in [4.69, 9.17) is 4.74 Å². The third kappa shape index (κ3) is 4.94. The number of nitrogens with zero attached hydrogens (tertiary/aromatic N) is 1. The first-order valence-electron chi connectivity index (χ1n) is 13.8. The van der Waals surface area contributed by atoms with Gasteiger partial charge in [0.15, 0.2) is 0 Å². The maximum absolute atomic E-state index is 11.2. The van der Waals surface area contributed by atoms with Crippen LogP contribution >= 0.6 is 0 Å². The van der Waals surface area contributed by atoms with E-state index in [0.29, 0.717) is 11.8 Å². The molecule has 0 radical (unpaired) electrons. The third-order valence-corrected chi connectivity index (χ3v) is 8.87. The summed E-state index contributed by atoms with van der Waals surface area (Å²) in [6.45, 7) is 10.8. The minimum atomic E-state index is -0.520. The number of benzene rings is 2. The Balaban J connectivity index is 1.17. The van der Waals surface area contributed by atoms with Crippen molar-refractivity contribution in [1.29, 1.82) is 0 Å². The Morgan fingerprint density at radius 3 is 2.68 bits per heavy atom. The van der Waals surface area contributed by atoms with Crippen LogP contribution in [0.4, 0.5) is 0 Å². The molecule has 2 aromatic carbocycles. The predicted molar refractivity (Wildman–Crippen MR) is 152 cm³/mol. The van der Waals surface area contributed by atoms with Crippen molar-refractivity contribution < 1.29 is 9.84 Å². The van der Waals surface area contributed by atoms with E-state index in [1.807, 2.05) is 30.5 Å². The molecule has 2 aliphatic rings. The van der Waals surface area contributed by atoms with Gasteiger partial charge in [0.1, 0.15) is 5.75 Å². The highest BCUT2D eigenvalue weighted by atomic mass is 16.5. The molecule has 37 heavy (non-hydrogen) atoms. The van der Waals surface area contributed by atoms with Crippen LogP contribution in [0.5, 0.6) is 5.75 Å². The molecule has 1 aliphatic heterocycles. The van der Waals surface area contributed by atoms with Gasteiger partial charge in [-0.2, -0.15) is 0 Å². The Hall–Kier alpha value is -2.69. The number of allylic oxidation sites excluding steroid dienone is 1. The second-order valence-electron chi connectivity index (χ2n) is 12.2. The van der Waals surface area contributed by atoms with Crippen molar-refractivity contribution in [3.05, 3.63) is 84.1 Å². The average Bonchev–Trinajstić information content (AvgIpc) is 2.86. The van der Waals surface area contributed by atoms with Crippen LogP contribution in [0.25, 0.3) is 10.9 Å². The van der Waals surface area contributed by atoms with E-state index in [0.717, 1.165) is 41.5 Å². The van der Waals surface area contributed by atoms with E-state index < -0.39 is 6.10 Å². The van der Waals surface area contributed by atoms with Gasteiger partial charge in [0.25, 0.3) is 0 Å². The van der Waals surface area contributed by atoms with E-state index in [-0.39, 0.29) is 17.0 Å². The Bertz CT molecular complexity index is 1250. The standard InChI is InChI=1S/C33H42N2O2/c1-6-23-20-33(21-29(35-33)31(36)25-17-18-34-28-14-10-8-12-24(25)28)26(23)13-9-7-11-22-15-16-27(32(2,3)4)30(19-22)37-5/h6,8,10,12,14-19,23,26,29,31,35-36H,1,7,9,11,13,20-21H2,2-5H3/t23-,26?,29-,31+,33?/m0/s1. The largest absolute Gasteiger partial charge is 0.496 e. The zero-order valence-electron chi connectivity index (χ0n) is 22.8. The van der Waals surface area contributed by atoms with Gasteiger partial charge in [0.05, 0.1) is 18.7 Å². The molecule has 1 spiro atoms. The second kappa shape index (κ2) is 10.2. The summed E-state index contributed by atoms with van der Waals surface area (Å²) in [5.41, 5.74) is 4.76. The van der Waals surface area contributed by atoms with Gasteiger partial charge in [-0.3, -0.25) is 4.98 Å². The molecule has 1 saturated heterocycles. The van der Waals surface area contributed by atoms with Gasteiger partial charge < -0.3 is 15.2 Å². The Labute approximate surface area is 222 Å². The van der Waals surface area contributed by atoms with Gasteiger partial charge in [-0.25, -0.2) is 0 Å². The number of pyridine rings is 1. The minimum absolute atomic E-state index is 0.0772. The molecule has 4 nitrogen and oxygen atoms in total. The van der Waals surface area contributed by atoms with Gasteiger partial charge in [0, 0.05) is 23.2 Å². The summed E-state index contributed by atoms with van der Waals surface area (Å²) in [6, 6.07) is 16.9. The number of aromatic nitrogens is 1. The van der Waals surface area contributed by atoms with Crippen LogP contribution in [0.1, 0.15) is 75.7 Å². The SMILES string of the molecule is C=C[C@H]1CC2(C[C@@H]([C@H](O)c3ccnc4ccccc34)N2)C1CCCCc1ccc(C(C)(C)C)c(OC)c1. The van der Waals surface area contributed by atoms with Crippen LogP contribution in [-0.4, -0.2) is 28.8 Å². The average molecular weight is 499 g/mol. The molecule has 2 heterocycles. The Kier molecular flexibility index (Phi) is 7.17. The lowest BCUT2D eigenvalue weighted by Crippen LogP contribution is -2.75. The van der Waals surface area contributed by atoms with Crippen molar-refractivity contribution in [3.8, 4) is 5.75 Å². The summed E-state index contributed by atoms with van der Waals surface area (Å²) in [7, 11) is 1.77. The zero-order valence-corrected chi connectivity index (χ0v) is 22.8. The number of aliphatic hydroxyl groups excluding tert-OH is 1. The molecule has 1 aromatic heterocycles. The number of aliphatic hydroxyl groups is 1. The number of unbranched alkanes of at least 4 members (excludes halogenated alkanes) is 1. The van der Waals surface area contributed by atoms with E-state index in [1.54, 1.807) is 7.11 Å². The summed E-state index contributed by atoms with van der Waals surface area (Å²) in [6.07, 6.45) is 10.2. The van der Waals surface area contributed by atoms with Gasteiger partial charge >= 0.3 is 0 Å². The minimum Gasteiger partial charge on any atom is -0.496 e. The topological polar surface area (TPSA) is 54.4 Å². The number of hydrogen-bond acceptors (Lipinski definition) is 4. The molecule has 0 bridgehead atoms. The van der Waals surface area contributed by atoms with Crippen molar-refractivity contribution in [2.45, 2.75) is 82.4 Å². The van der Waals surface area contributed by atoms with Crippen LogP contribution in [0.2, 0.25) is 0 Å². The lowest BCUT2D eigenvalue weighted by Gasteiger charge is -2.64. The van der Waals surface area contributed by atoms with E-state index in [9.17, 15) is 5.11 Å². The van der Waals surface area contributed by atoms with Crippen molar-refractivity contribution >= 4 is 10.9 Å². The van der Waals surface area contributed by atoms with E-state index in [2.05, 4.69) is 68.0 Å². The third-order valence-electron chi connectivity index (χ3n) is 8.87. The van der Waals surface area contributed by atoms with Crippen molar-refractivity contribution in [2.75, 3.05) is 7.11 Å². The maximum atomic E-state index is 11.2. The molecule has 1 aliphatic carbocycles. The van der Waals surface area contributed by atoms with Crippen molar-refractivity contribution in [3.63, 3.8) is 0 Å². The Morgan fingerprint density at radius 2 is 1.95 bits per heavy atom. The van der Waals surface area contributed by atoms with Crippen LogP contribution in [-0.2, 0) is 11.8 Å². The number of nitrogens with one attached hydrogen (secondary N) is 1. The number of ether oxygens (including phenoxy) is 1. The predicted octanol–water partition coefficient (Wildman–Crippen LogP) is 6.91. The van der Waals surface area contributed by atoms with Crippen LogP contribution in [0, 0.1) is 11.8 Å². The number of rotatable bonds is 9. The summed E-state index contributed by atoms with van der Waals surface area (Å²) < 4.78 is 5.70. The number of hydrogen-bond donors (Lipinski definition) is 2. The molecular weight excluding hydrogens is 456 g/mol. The summed E-state index contributed by atoms with van der Waals surface area (Å²) in [5.74, 6) is 2.17. The molecule has 5 rings (SSSR count). The van der Waals surface area contributed by atoms with Gasteiger partial charge in [-0.1, -0.05) is 63.6 Å². The highest BCUT2D eigenvalue weighted by Crippen LogP contribution is 2.55. The fourth-order valence-electron chi connectivity index (χ4n) is 6.83. The molecular formula is C33H42N2O2. The highest BCUT2D eigenvalue weighted by Gasteiger charge is 2.59. The number of aryl methyl sites for hydroxylation is 1. The molecule has 5 atom stereocenters. The van der Waals surface area contributed by atoms with Crippen LogP contribution in [0.15, 0.2) is 67.4 Å². The monoisotopic (exact) mass is 498 g/mol. The number of para-hydroxylation sites is 1. The fraction of sp³-hybridized carbons (Fsp3) is 0.485. The lowest BCUT2D eigenvalue weighted by molar-refractivity contribution is -0.0901. The molecule has 2 unspecified atom stereocenters. The molecule has 2 fully saturated rings. The first kappa shape index (κ1) is 25.9. The first-order chi connectivity index (χ1) is 17.8. The summed E-state index contributed by atoms with van der Waals surface area (Å²) in [4.78, 5) is 4.46. The second-order valence-corrected chi connectivity index (χ2v) is 12.2. The highest BCUT2D eigenvalue weighted by molar-refractivity contribution is 5.82. The quantitative estimate of drug-likeness (QED) is 0.249. The Morgan fingerprint density at radius 1 is 1.16 bits per heavy atom. The zero-order chi connectivity index (χ0) is 26.2. The molecule has 1 saturated carbocycles. The van der Waals surface area contributed by atoms with E-state index >= 15 is 0 Å². The smallest absolute Gasteiger partial charge is 0.122 e. The van der Waals surface area contributed by atoms with Crippen molar-refractivity contribution in [2.24, 2.45) is 11.8 Å². The van der Waals surface area contributed by atoms with Gasteiger partial charge in [-0.15, -0.1) is 6.58 Å². The molecule has 4 heteroatoms. The van der Waals surface area contributed by atoms with Gasteiger partial charge in [-0.05, 0) is 84.2 Å². The van der Waals surface area contributed by atoms with E-state index in [1.165, 1.54) is 30.4 Å². The first-order valence-corrected chi connectivity index (χ1v) is 13.8. The van der Waals surface area contributed by atoms with Crippen molar-refractivity contribution in [1.82, 2.24) is 10.3 Å². The lowest BCUT2D eigenvalue weighted by atomic mass is 9.51. The maximum Gasteiger partial charge on any atom is 0.122 e. The summed E-state index contributed by atoms with van der Waals surface area (Å²) in [5, 5.41) is 16.1.